The Morgan fingerprint density at radius 1 is 1.35 bits per heavy atom. The van der Waals surface area contributed by atoms with Gasteiger partial charge in [-0.2, -0.15) is 0 Å². The SMILES string of the molecule is COC1CC(NC2CCN(C(C)C)C2)C1(C)C. The highest BCUT2D eigenvalue weighted by Crippen LogP contribution is 2.42. The first-order valence-corrected chi connectivity index (χ1v) is 6.98. The zero-order chi connectivity index (χ0) is 12.6. The maximum Gasteiger partial charge on any atom is 0.0652 e. The Balaban J connectivity index is 1.80. The van der Waals surface area contributed by atoms with E-state index in [4.69, 9.17) is 4.74 Å². The van der Waals surface area contributed by atoms with E-state index in [9.17, 15) is 0 Å². The molecule has 100 valence electrons. The van der Waals surface area contributed by atoms with Gasteiger partial charge in [0.2, 0.25) is 0 Å². The summed E-state index contributed by atoms with van der Waals surface area (Å²) >= 11 is 0. The van der Waals surface area contributed by atoms with Gasteiger partial charge < -0.3 is 10.1 Å². The number of nitrogens with one attached hydrogen (secondary N) is 1. The van der Waals surface area contributed by atoms with Crippen molar-refractivity contribution in [2.24, 2.45) is 5.41 Å². The van der Waals surface area contributed by atoms with Crippen LogP contribution in [-0.4, -0.2) is 49.3 Å². The highest BCUT2D eigenvalue weighted by molar-refractivity contribution is 5.04. The van der Waals surface area contributed by atoms with E-state index in [0.29, 0.717) is 29.6 Å². The van der Waals surface area contributed by atoms with Crippen LogP contribution in [0.25, 0.3) is 0 Å². The summed E-state index contributed by atoms with van der Waals surface area (Å²) in [5.41, 5.74) is 0.292. The fourth-order valence-corrected chi connectivity index (χ4v) is 3.25. The molecule has 1 aliphatic carbocycles. The van der Waals surface area contributed by atoms with E-state index in [0.717, 1.165) is 0 Å². The summed E-state index contributed by atoms with van der Waals surface area (Å²) in [6.45, 7) is 11.7. The molecule has 0 amide bonds. The van der Waals surface area contributed by atoms with E-state index in [-0.39, 0.29) is 0 Å². The summed E-state index contributed by atoms with van der Waals surface area (Å²) in [5, 5.41) is 3.83. The standard InChI is InChI=1S/C14H28N2O/c1-10(2)16-7-6-11(9-16)15-12-8-13(17-5)14(12,3)4/h10-13,15H,6-9H2,1-5H3. The quantitative estimate of drug-likeness (QED) is 0.812. The van der Waals surface area contributed by atoms with E-state index in [2.05, 4.69) is 37.9 Å². The molecule has 0 bridgehead atoms. The Morgan fingerprint density at radius 3 is 2.53 bits per heavy atom. The summed E-state index contributed by atoms with van der Waals surface area (Å²) in [4.78, 5) is 2.57. The molecule has 3 atom stereocenters. The van der Waals surface area contributed by atoms with Gasteiger partial charge >= 0.3 is 0 Å². The van der Waals surface area contributed by atoms with Crippen LogP contribution in [0.1, 0.15) is 40.5 Å². The molecule has 1 saturated carbocycles. The third kappa shape index (κ3) is 2.51. The van der Waals surface area contributed by atoms with Crippen molar-refractivity contribution in [1.82, 2.24) is 10.2 Å². The molecular weight excluding hydrogens is 212 g/mol. The van der Waals surface area contributed by atoms with Crippen molar-refractivity contribution in [2.75, 3.05) is 20.2 Å². The van der Waals surface area contributed by atoms with Crippen LogP contribution in [0.3, 0.4) is 0 Å². The predicted molar refractivity (Wildman–Crippen MR) is 71.2 cm³/mol. The van der Waals surface area contributed by atoms with Crippen LogP contribution in [0.5, 0.6) is 0 Å². The number of nitrogens with zero attached hydrogens (tertiary/aromatic N) is 1. The van der Waals surface area contributed by atoms with E-state index in [1.54, 1.807) is 0 Å². The molecule has 2 aliphatic rings. The Bertz CT molecular complexity index is 265. The predicted octanol–water partition coefficient (Wildman–Crippen LogP) is 1.87. The lowest BCUT2D eigenvalue weighted by Gasteiger charge is -2.52. The monoisotopic (exact) mass is 240 g/mol. The molecule has 0 aromatic rings. The number of methoxy groups -OCH3 is 1. The minimum Gasteiger partial charge on any atom is -0.381 e. The van der Waals surface area contributed by atoms with Crippen LogP contribution in [0.15, 0.2) is 0 Å². The Labute approximate surface area is 106 Å². The summed E-state index contributed by atoms with van der Waals surface area (Å²) in [7, 11) is 1.83. The van der Waals surface area contributed by atoms with E-state index < -0.39 is 0 Å². The number of hydrogen-bond donors (Lipinski definition) is 1. The maximum absolute atomic E-state index is 5.51. The van der Waals surface area contributed by atoms with Gasteiger partial charge in [0.15, 0.2) is 0 Å². The fourth-order valence-electron chi connectivity index (χ4n) is 3.25. The summed E-state index contributed by atoms with van der Waals surface area (Å²) in [6, 6.07) is 1.99. The molecule has 0 aromatic heterocycles. The van der Waals surface area contributed by atoms with Crippen molar-refractivity contribution in [2.45, 2.75) is 64.8 Å². The van der Waals surface area contributed by atoms with Crippen molar-refractivity contribution in [3.05, 3.63) is 0 Å². The Kier molecular flexibility index (Phi) is 3.81. The van der Waals surface area contributed by atoms with Crippen LogP contribution in [-0.2, 0) is 4.74 Å². The first-order valence-electron chi connectivity index (χ1n) is 6.98. The minimum atomic E-state index is 0.292. The van der Waals surface area contributed by atoms with E-state index in [1.807, 2.05) is 7.11 Å². The first-order chi connectivity index (χ1) is 7.95. The molecule has 2 fully saturated rings. The Morgan fingerprint density at radius 2 is 2.06 bits per heavy atom. The van der Waals surface area contributed by atoms with Crippen LogP contribution >= 0.6 is 0 Å². The lowest BCUT2D eigenvalue weighted by Crippen LogP contribution is -2.62. The Hall–Kier alpha value is -0.120. The van der Waals surface area contributed by atoms with Crippen molar-refractivity contribution in [3.8, 4) is 0 Å². The lowest BCUT2D eigenvalue weighted by molar-refractivity contribution is -0.0999. The van der Waals surface area contributed by atoms with Gasteiger partial charge in [-0.3, -0.25) is 4.90 Å². The summed E-state index contributed by atoms with van der Waals surface area (Å²) in [5.74, 6) is 0. The highest BCUT2D eigenvalue weighted by Gasteiger charge is 2.49. The molecule has 17 heavy (non-hydrogen) atoms. The van der Waals surface area contributed by atoms with Crippen LogP contribution < -0.4 is 5.32 Å². The van der Waals surface area contributed by atoms with Crippen LogP contribution in [0.4, 0.5) is 0 Å². The van der Waals surface area contributed by atoms with Crippen molar-refractivity contribution >= 4 is 0 Å². The van der Waals surface area contributed by atoms with Gasteiger partial charge in [-0.25, -0.2) is 0 Å². The highest BCUT2D eigenvalue weighted by atomic mass is 16.5. The molecule has 3 heteroatoms. The number of ether oxygens (including phenoxy) is 1. The lowest BCUT2D eigenvalue weighted by atomic mass is 9.64. The van der Waals surface area contributed by atoms with Crippen LogP contribution in [0.2, 0.25) is 0 Å². The van der Waals surface area contributed by atoms with Gasteiger partial charge in [-0.05, 0) is 33.2 Å². The van der Waals surface area contributed by atoms with Gasteiger partial charge in [0, 0.05) is 37.2 Å². The van der Waals surface area contributed by atoms with E-state index in [1.165, 1.54) is 25.9 Å². The molecule has 1 aliphatic heterocycles. The average molecular weight is 240 g/mol. The second-order valence-corrected chi connectivity index (χ2v) is 6.57. The molecule has 3 nitrogen and oxygen atoms in total. The fraction of sp³-hybridized carbons (Fsp3) is 1.00. The van der Waals surface area contributed by atoms with Gasteiger partial charge in [-0.1, -0.05) is 13.8 Å². The summed E-state index contributed by atoms with van der Waals surface area (Å²) < 4.78 is 5.51. The maximum atomic E-state index is 5.51. The normalized spacial score (nSPS) is 37.4. The number of hydrogen-bond acceptors (Lipinski definition) is 3. The largest absolute Gasteiger partial charge is 0.381 e. The van der Waals surface area contributed by atoms with Gasteiger partial charge in [0.25, 0.3) is 0 Å². The number of likely N-dealkylation sites (tertiary alicyclic amines) is 1. The molecule has 0 aromatic carbocycles. The van der Waals surface area contributed by atoms with Gasteiger partial charge in [0.1, 0.15) is 0 Å². The molecule has 1 N–H and O–H groups in total. The average Bonchev–Trinajstić information content (AvgIpc) is 2.72. The topological polar surface area (TPSA) is 24.5 Å². The first kappa shape index (κ1) is 13.3. The van der Waals surface area contributed by atoms with Gasteiger partial charge in [0.05, 0.1) is 6.10 Å². The number of rotatable bonds is 4. The zero-order valence-electron chi connectivity index (χ0n) is 12.0. The molecular formula is C14H28N2O. The second kappa shape index (κ2) is 4.87. The third-order valence-corrected chi connectivity index (χ3v) is 4.85. The van der Waals surface area contributed by atoms with Crippen molar-refractivity contribution in [1.29, 1.82) is 0 Å². The van der Waals surface area contributed by atoms with Crippen molar-refractivity contribution < 1.29 is 4.74 Å². The van der Waals surface area contributed by atoms with Crippen LogP contribution in [0, 0.1) is 5.41 Å². The van der Waals surface area contributed by atoms with Crippen molar-refractivity contribution in [3.63, 3.8) is 0 Å². The molecule has 2 rings (SSSR count). The molecule has 1 heterocycles. The smallest absolute Gasteiger partial charge is 0.0652 e. The summed E-state index contributed by atoms with van der Waals surface area (Å²) in [6.07, 6.45) is 2.90. The zero-order valence-corrected chi connectivity index (χ0v) is 12.0. The minimum absolute atomic E-state index is 0.292. The molecule has 0 spiro atoms. The van der Waals surface area contributed by atoms with E-state index >= 15 is 0 Å². The molecule has 1 saturated heterocycles. The van der Waals surface area contributed by atoms with Gasteiger partial charge in [-0.15, -0.1) is 0 Å². The molecule has 0 radical (unpaired) electrons. The second-order valence-electron chi connectivity index (χ2n) is 6.57. The third-order valence-electron chi connectivity index (χ3n) is 4.85. The molecule has 3 unspecified atom stereocenters.